The summed E-state index contributed by atoms with van der Waals surface area (Å²) in [6.45, 7) is 2.23. The van der Waals surface area contributed by atoms with Gasteiger partial charge in [0.25, 0.3) is 0 Å². The summed E-state index contributed by atoms with van der Waals surface area (Å²) in [5.41, 5.74) is 4.65. The number of carbonyl (C=O) groups excluding carboxylic acids is 2. The predicted molar refractivity (Wildman–Crippen MR) is 133 cm³/mol. The number of alkyl carbamates (subject to hydrolysis) is 1. The second kappa shape index (κ2) is 11.4. The van der Waals surface area contributed by atoms with Crippen molar-refractivity contribution in [3.05, 3.63) is 59.7 Å². The van der Waals surface area contributed by atoms with Crippen LogP contribution in [0.15, 0.2) is 48.5 Å². The van der Waals surface area contributed by atoms with E-state index in [-0.39, 0.29) is 49.3 Å². The highest BCUT2D eigenvalue weighted by atomic mass is 16.5. The fourth-order valence-corrected chi connectivity index (χ4v) is 5.57. The maximum atomic E-state index is 12.7. The van der Waals surface area contributed by atoms with Gasteiger partial charge in [0.2, 0.25) is 5.91 Å². The average molecular weight is 479 g/mol. The Kier molecular flexibility index (Phi) is 8.06. The van der Waals surface area contributed by atoms with Crippen molar-refractivity contribution in [3.8, 4) is 11.1 Å². The molecule has 0 radical (unpaired) electrons. The number of fused-ring (bicyclic) bond motifs is 3. The molecule has 7 heteroatoms. The SMILES string of the molecule is CCCC(CC(=O)NC1CCCC1CC(=O)O)NC(=O)OCC1c2ccccc2-c2ccccc21. The molecule has 0 saturated heterocycles. The van der Waals surface area contributed by atoms with E-state index in [9.17, 15) is 14.4 Å². The average Bonchev–Trinajstić information content (AvgIpc) is 3.39. The summed E-state index contributed by atoms with van der Waals surface area (Å²) < 4.78 is 5.65. The lowest BCUT2D eigenvalue weighted by molar-refractivity contribution is -0.138. The molecule has 1 saturated carbocycles. The first-order valence-corrected chi connectivity index (χ1v) is 12.6. The topological polar surface area (TPSA) is 105 Å². The Morgan fingerprint density at radius 3 is 2.31 bits per heavy atom. The van der Waals surface area contributed by atoms with Gasteiger partial charge in [0, 0.05) is 24.4 Å². The van der Waals surface area contributed by atoms with Crippen molar-refractivity contribution < 1.29 is 24.2 Å². The number of hydrogen-bond donors (Lipinski definition) is 3. The Labute approximate surface area is 206 Å². The van der Waals surface area contributed by atoms with Crippen LogP contribution in [-0.4, -0.2) is 41.8 Å². The fourth-order valence-electron chi connectivity index (χ4n) is 5.57. The zero-order chi connectivity index (χ0) is 24.8. The van der Waals surface area contributed by atoms with E-state index in [1.807, 2.05) is 31.2 Å². The Morgan fingerprint density at radius 2 is 1.69 bits per heavy atom. The predicted octanol–water partition coefficient (Wildman–Crippen LogP) is 4.84. The van der Waals surface area contributed by atoms with Crippen LogP contribution in [0, 0.1) is 5.92 Å². The summed E-state index contributed by atoms with van der Waals surface area (Å²) >= 11 is 0. The van der Waals surface area contributed by atoms with Gasteiger partial charge >= 0.3 is 12.1 Å². The van der Waals surface area contributed by atoms with Crippen molar-refractivity contribution in [1.82, 2.24) is 10.6 Å². The smallest absolute Gasteiger partial charge is 0.407 e. The molecule has 0 bridgehead atoms. The van der Waals surface area contributed by atoms with Crippen LogP contribution in [0.2, 0.25) is 0 Å². The number of amides is 2. The Morgan fingerprint density at radius 1 is 1.03 bits per heavy atom. The van der Waals surface area contributed by atoms with E-state index < -0.39 is 12.1 Å². The minimum atomic E-state index is -0.836. The molecule has 7 nitrogen and oxygen atoms in total. The number of carbonyl (C=O) groups is 3. The molecule has 186 valence electrons. The second-order valence-electron chi connectivity index (χ2n) is 9.62. The molecule has 0 heterocycles. The highest BCUT2D eigenvalue weighted by Gasteiger charge is 2.31. The summed E-state index contributed by atoms with van der Waals surface area (Å²) in [6, 6.07) is 15.9. The van der Waals surface area contributed by atoms with Gasteiger partial charge in [0.15, 0.2) is 0 Å². The van der Waals surface area contributed by atoms with Crippen LogP contribution >= 0.6 is 0 Å². The summed E-state index contributed by atoms with van der Waals surface area (Å²) in [5.74, 6) is -1.05. The van der Waals surface area contributed by atoms with E-state index in [1.165, 1.54) is 11.1 Å². The standard InChI is InChI=1S/C28H34N2O5/c1-2-8-19(16-26(31)30-25-14-7-9-18(25)15-27(32)33)29-28(34)35-17-24-22-12-5-3-10-20(22)21-11-4-6-13-23(21)24/h3-6,10-13,18-19,24-25H,2,7-9,14-17H2,1H3,(H,29,34)(H,30,31)(H,32,33). The second-order valence-corrected chi connectivity index (χ2v) is 9.62. The lowest BCUT2D eigenvalue weighted by atomic mass is 9.98. The highest BCUT2D eigenvalue weighted by Crippen LogP contribution is 2.44. The monoisotopic (exact) mass is 478 g/mol. The lowest BCUT2D eigenvalue weighted by Crippen LogP contribution is -2.43. The van der Waals surface area contributed by atoms with Gasteiger partial charge in [-0.25, -0.2) is 4.79 Å². The van der Waals surface area contributed by atoms with E-state index in [0.717, 1.165) is 36.8 Å². The molecule has 1 fully saturated rings. The van der Waals surface area contributed by atoms with E-state index in [2.05, 4.69) is 34.9 Å². The van der Waals surface area contributed by atoms with Crippen LogP contribution in [0.25, 0.3) is 11.1 Å². The zero-order valence-electron chi connectivity index (χ0n) is 20.2. The Balaban J connectivity index is 1.31. The van der Waals surface area contributed by atoms with E-state index in [1.54, 1.807) is 0 Å². The molecule has 2 aromatic rings. The summed E-state index contributed by atoms with van der Waals surface area (Å²) in [6.07, 6.45) is 3.68. The van der Waals surface area contributed by atoms with Gasteiger partial charge in [-0.15, -0.1) is 0 Å². The van der Waals surface area contributed by atoms with Gasteiger partial charge in [-0.3, -0.25) is 9.59 Å². The third kappa shape index (κ3) is 6.02. The van der Waals surface area contributed by atoms with Gasteiger partial charge in [-0.2, -0.15) is 0 Å². The van der Waals surface area contributed by atoms with Gasteiger partial charge in [-0.1, -0.05) is 68.3 Å². The van der Waals surface area contributed by atoms with Crippen LogP contribution in [0.4, 0.5) is 4.79 Å². The van der Waals surface area contributed by atoms with Crippen molar-refractivity contribution >= 4 is 18.0 Å². The first-order valence-electron chi connectivity index (χ1n) is 12.6. The molecule has 2 aromatic carbocycles. The molecular formula is C28H34N2O5. The molecule has 2 aliphatic rings. The number of aliphatic carboxylic acids is 1. The molecular weight excluding hydrogens is 444 g/mol. The molecule has 2 aliphatic carbocycles. The molecule has 3 N–H and O–H groups in total. The van der Waals surface area contributed by atoms with Crippen LogP contribution in [0.3, 0.4) is 0 Å². The number of carboxylic acids is 1. The molecule has 0 spiro atoms. The number of ether oxygens (including phenoxy) is 1. The number of hydrogen-bond acceptors (Lipinski definition) is 4. The quantitative estimate of drug-likeness (QED) is 0.453. The van der Waals surface area contributed by atoms with Crippen molar-refractivity contribution in [2.75, 3.05) is 6.61 Å². The van der Waals surface area contributed by atoms with Crippen molar-refractivity contribution in [1.29, 1.82) is 0 Å². The molecule has 3 atom stereocenters. The van der Waals surface area contributed by atoms with E-state index in [0.29, 0.717) is 6.42 Å². The van der Waals surface area contributed by atoms with Gasteiger partial charge in [-0.05, 0) is 47.4 Å². The van der Waals surface area contributed by atoms with Crippen molar-refractivity contribution in [2.45, 2.75) is 69.9 Å². The Hall–Kier alpha value is -3.35. The zero-order valence-corrected chi connectivity index (χ0v) is 20.2. The molecule has 4 rings (SSSR count). The maximum absolute atomic E-state index is 12.7. The molecule has 3 unspecified atom stereocenters. The summed E-state index contributed by atoms with van der Waals surface area (Å²) in [7, 11) is 0. The lowest BCUT2D eigenvalue weighted by Gasteiger charge is -2.23. The minimum Gasteiger partial charge on any atom is -0.481 e. The van der Waals surface area contributed by atoms with Gasteiger partial charge < -0.3 is 20.5 Å². The highest BCUT2D eigenvalue weighted by molar-refractivity contribution is 5.80. The van der Waals surface area contributed by atoms with Crippen molar-refractivity contribution in [3.63, 3.8) is 0 Å². The molecule has 0 aliphatic heterocycles. The maximum Gasteiger partial charge on any atom is 0.407 e. The summed E-state index contributed by atoms with van der Waals surface area (Å²) in [4.78, 5) is 36.5. The third-order valence-corrected chi connectivity index (χ3v) is 7.18. The van der Waals surface area contributed by atoms with Gasteiger partial charge in [0.05, 0.1) is 6.42 Å². The van der Waals surface area contributed by atoms with Crippen LogP contribution < -0.4 is 10.6 Å². The fraction of sp³-hybridized carbons (Fsp3) is 0.464. The van der Waals surface area contributed by atoms with Gasteiger partial charge in [0.1, 0.15) is 6.61 Å². The third-order valence-electron chi connectivity index (χ3n) is 7.18. The number of rotatable bonds is 10. The first-order chi connectivity index (χ1) is 17.0. The minimum absolute atomic E-state index is 0.0189. The largest absolute Gasteiger partial charge is 0.481 e. The number of benzene rings is 2. The van der Waals surface area contributed by atoms with Crippen LogP contribution in [-0.2, 0) is 14.3 Å². The van der Waals surface area contributed by atoms with E-state index in [4.69, 9.17) is 9.84 Å². The molecule has 35 heavy (non-hydrogen) atoms. The normalized spacial score (nSPS) is 19.5. The molecule has 2 amide bonds. The van der Waals surface area contributed by atoms with Crippen molar-refractivity contribution in [2.24, 2.45) is 5.92 Å². The van der Waals surface area contributed by atoms with Crippen LogP contribution in [0.5, 0.6) is 0 Å². The number of nitrogens with one attached hydrogen (secondary N) is 2. The summed E-state index contributed by atoms with van der Waals surface area (Å²) in [5, 5.41) is 15.0. The molecule has 0 aromatic heterocycles. The number of carboxylic acid groups (broad SMARTS) is 1. The Bertz CT molecular complexity index is 1020. The first kappa shape index (κ1) is 24.8. The van der Waals surface area contributed by atoms with E-state index >= 15 is 0 Å². The van der Waals surface area contributed by atoms with Crippen LogP contribution in [0.1, 0.15) is 68.9 Å².